The van der Waals surface area contributed by atoms with E-state index in [1.54, 1.807) is 24.3 Å². The Morgan fingerprint density at radius 3 is 2.62 bits per heavy atom. The maximum absolute atomic E-state index is 11.8. The quantitative estimate of drug-likeness (QED) is 0.453. The third-order valence-corrected chi connectivity index (χ3v) is 3.18. The number of benzene rings is 2. The van der Waals surface area contributed by atoms with Gasteiger partial charge in [-0.25, -0.2) is 5.43 Å². The highest BCUT2D eigenvalue weighted by atomic mass is 16.5. The highest BCUT2D eigenvalue weighted by Crippen LogP contribution is 2.25. The van der Waals surface area contributed by atoms with Crippen molar-refractivity contribution >= 4 is 23.7 Å². The van der Waals surface area contributed by atoms with Gasteiger partial charge in [-0.1, -0.05) is 18.2 Å². The summed E-state index contributed by atoms with van der Waals surface area (Å²) in [5.74, 6) is -1.43. The molecule has 3 N–H and O–H groups in total. The molecule has 0 bridgehead atoms. The zero-order valence-electron chi connectivity index (χ0n) is 13.2. The normalized spacial score (nSPS) is 10.4. The van der Waals surface area contributed by atoms with Crippen LogP contribution in [0.4, 0.5) is 5.69 Å². The first-order chi connectivity index (χ1) is 11.5. The predicted molar refractivity (Wildman–Crippen MR) is 90.2 cm³/mol. The first kappa shape index (κ1) is 17.0. The van der Waals surface area contributed by atoms with Crippen molar-refractivity contribution in [3.8, 4) is 11.5 Å². The maximum Gasteiger partial charge on any atom is 0.329 e. The van der Waals surface area contributed by atoms with Gasteiger partial charge in [-0.15, -0.1) is 0 Å². The Morgan fingerprint density at radius 1 is 1.17 bits per heavy atom. The van der Waals surface area contributed by atoms with Gasteiger partial charge in [0.25, 0.3) is 0 Å². The van der Waals surface area contributed by atoms with Crippen molar-refractivity contribution in [2.24, 2.45) is 5.10 Å². The summed E-state index contributed by atoms with van der Waals surface area (Å²) in [4.78, 5) is 23.5. The van der Waals surface area contributed by atoms with Gasteiger partial charge in [-0.3, -0.25) is 9.59 Å². The van der Waals surface area contributed by atoms with Gasteiger partial charge in [0, 0.05) is 5.69 Å². The van der Waals surface area contributed by atoms with E-state index < -0.39 is 11.8 Å². The minimum Gasteiger partial charge on any atom is -0.504 e. The van der Waals surface area contributed by atoms with Crippen LogP contribution in [0.25, 0.3) is 0 Å². The number of ether oxygens (including phenoxy) is 1. The van der Waals surface area contributed by atoms with E-state index >= 15 is 0 Å². The summed E-state index contributed by atoms with van der Waals surface area (Å²) in [5.41, 5.74) is 4.13. The van der Waals surface area contributed by atoms with Crippen molar-refractivity contribution in [1.29, 1.82) is 0 Å². The lowest BCUT2D eigenvalue weighted by atomic mass is 10.2. The molecule has 0 saturated carbocycles. The lowest BCUT2D eigenvalue weighted by Gasteiger charge is -2.06. The van der Waals surface area contributed by atoms with Crippen molar-refractivity contribution < 1.29 is 19.4 Å². The van der Waals surface area contributed by atoms with Gasteiger partial charge in [0.2, 0.25) is 0 Å². The van der Waals surface area contributed by atoms with E-state index in [0.29, 0.717) is 11.3 Å². The number of para-hydroxylation sites is 1. The highest BCUT2D eigenvalue weighted by Gasteiger charge is 2.13. The van der Waals surface area contributed by atoms with Crippen molar-refractivity contribution in [3.63, 3.8) is 0 Å². The van der Waals surface area contributed by atoms with E-state index in [0.717, 1.165) is 5.56 Å². The molecule has 0 unspecified atom stereocenters. The Labute approximate surface area is 139 Å². The fourth-order valence-corrected chi connectivity index (χ4v) is 1.88. The summed E-state index contributed by atoms with van der Waals surface area (Å²) in [6.07, 6.45) is 1.33. The number of hydrogen-bond acceptors (Lipinski definition) is 5. The van der Waals surface area contributed by atoms with Crippen LogP contribution in [0.2, 0.25) is 0 Å². The fourth-order valence-electron chi connectivity index (χ4n) is 1.88. The van der Waals surface area contributed by atoms with E-state index in [2.05, 4.69) is 15.8 Å². The molecule has 0 saturated heterocycles. The lowest BCUT2D eigenvalue weighted by molar-refractivity contribution is -0.136. The van der Waals surface area contributed by atoms with E-state index in [1.807, 2.05) is 19.1 Å². The molecule has 124 valence electrons. The number of anilines is 1. The minimum atomic E-state index is -0.889. The molecule has 2 rings (SSSR count). The SMILES string of the molecule is COc1cc(C=NNC(=O)C(=O)Nc2ccccc2C)ccc1O. The molecule has 0 aliphatic carbocycles. The number of nitrogens with one attached hydrogen (secondary N) is 2. The van der Waals surface area contributed by atoms with E-state index in [-0.39, 0.29) is 11.5 Å². The van der Waals surface area contributed by atoms with Gasteiger partial charge in [0.05, 0.1) is 13.3 Å². The van der Waals surface area contributed by atoms with E-state index in [9.17, 15) is 14.7 Å². The van der Waals surface area contributed by atoms with Crippen LogP contribution in [-0.2, 0) is 9.59 Å². The molecule has 2 amide bonds. The zero-order chi connectivity index (χ0) is 17.5. The van der Waals surface area contributed by atoms with Crippen LogP contribution in [0.1, 0.15) is 11.1 Å². The van der Waals surface area contributed by atoms with Gasteiger partial charge in [0.15, 0.2) is 11.5 Å². The molecule has 0 heterocycles. The molecule has 24 heavy (non-hydrogen) atoms. The van der Waals surface area contributed by atoms with Crippen LogP contribution in [0, 0.1) is 6.92 Å². The number of phenolic OH excluding ortho intramolecular Hbond substituents is 1. The van der Waals surface area contributed by atoms with Crippen LogP contribution in [-0.4, -0.2) is 30.2 Å². The summed E-state index contributed by atoms with van der Waals surface area (Å²) in [6, 6.07) is 11.7. The van der Waals surface area contributed by atoms with Crippen LogP contribution in [0.3, 0.4) is 0 Å². The number of carbonyl (C=O) groups excluding carboxylic acids is 2. The highest BCUT2D eigenvalue weighted by molar-refractivity contribution is 6.39. The van der Waals surface area contributed by atoms with Crippen LogP contribution >= 0.6 is 0 Å². The topological polar surface area (TPSA) is 100 Å². The second kappa shape index (κ2) is 7.77. The molecule has 0 spiro atoms. The summed E-state index contributed by atoms with van der Waals surface area (Å²) in [6.45, 7) is 1.82. The Balaban J connectivity index is 1.95. The molecule has 0 atom stereocenters. The van der Waals surface area contributed by atoms with Crippen molar-refractivity contribution in [2.45, 2.75) is 6.92 Å². The Hall–Kier alpha value is -3.35. The third-order valence-electron chi connectivity index (χ3n) is 3.18. The average Bonchev–Trinajstić information content (AvgIpc) is 2.58. The monoisotopic (exact) mass is 327 g/mol. The molecule has 7 nitrogen and oxygen atoms in total. The molecule has 0 aromatic heterocycles. The number of aromatic hydroxyl groups is 1. The van der Waals surface area contributed by atoms with Crippen LogP contribution in [0.15, 0.2) is 47.6 Å². The first-order valence-corrected chi connectivity index (χ1v) is 7.08. The molecule has 0 aliphatic heterocycles. The number of hydrazone groups is 1. The lowest BCUT2D eigenvalue weighted by Crippen LogP contribution is -2.32. The van der Waals surface area contributed by atoms with Gasteiger partial charge in [0.1, 0.15) is 0 Å². The summed E-state index contributed by atoms with van der Waals surface area (Å²) < 4.78 is 4.97. The largest absolute Gasteiger partial charge is 0.504 e. The molecular weight excluding hydrogens is 310 g/mol. The minimum absolute atomic E-state index is 0.00343. The number of methoxy groups -OCH3 is 1. The standard InChI is InChI=1S/C17H17N3O4/c1-11-5-3-4-6-13(11)19-16(22)17(23)20-18-10-12-7-8-14(21)15(9-12)24-2/h3-10,21H,1-2H3,(H,19,22)(H,20,23). The summed E-state index contributed by atoms with van der Waals surface area (Å²) in [7, 11) is 1.42. The second-order valence-electron chi connectivity index (χ2n) is 4.90. The Morgan fingerprint density at radius 2 is 1.92 bits per heavy atom. The second-order valence-corrected chi connectivity index (χ2v) is 4.90. The molecular formula is C17H17N3O4. The Bertz CT molecular complexity index is 787. The fraction of sp³-hybridized carbons (Fsp3) is 0.118. The Kier molecular flexibility index (Phi) is 5.51. The predicted octanol–water partition coefficient (Wildman–Crippen LogP) is 1.80. The van der Waals surface area contributed by atoms with Gasteiger partial charge < -0.3 is 15.2 Å². The summed E-state index contributed by atoms with van der Waals surface area (Å²) in [5, 5.41) is 15.7. The van der Waals surface area contributed by atoms with Crippen LogP contribution in [0.5, 0.6) is 11.5 Å². The molecule has 2 aromatic carbocycles. The number of amides is 2. The van der Waals surface area contributed by atoms with Crippen LogP contribution < -0.4 is 15.5 Å². The van der Waals surface area contributed by atoms with Crippen molar-refractivity contribution in [1.82, 2.24) is 5.43 Å². The van der Waals surface area contributed by atoms with Gasteiger partial charge in [-0.2, -0.15) is 5.10 Å². The molecule has 2 aromatic rings. The number of phenols is 1. The molecule has 0 radical (unpaired) electrons. The number of aryl methyl sites for hydroxylation is 1. The average molecular weight is 327 g/mol. The maximum atomic E-state index is 11.8. The summed E-state index contributed by atoms with van der Waals surface area (Å²) >= 11 is 0. The van der Waals surface area contributed by atoms with Crippen molar-refractivity contribution in [2.75, 3.05) is 12.4 Å². The number of nitrogens with zero attached hydrogens (tertiary/aromatic N) is 1. The number of rotatable bonds is 4. The molecule has 0 aliphatic rings. The third kappa shape index (κ3) is 4.33. The number of hydrogen-bond donors (Lipinski definition) is 3. The van der Waals surface area contributed by atoms with Gasteiger partial charge in [-0.05, 0) is 42.3 Å². The zero-order valence-corrected chi connectivity index (χ0v) is 13.2. The number of carbonyl (C=O) groups is 2. The van der Waals surface area contributed by atoms with Gasteiger partial charge >= 0.3 is 11.8 Å². The van der Waals surface area contributed by atoms with E-state index in [1.165, 1.54) is 19.4 Å². The van der Waals surface area contributed by atoms with Crippen molar-refractivity contribution in [3.05, 3.63) is 53.6 Å². The molecule has 7 heteroatoms. The smallest absolute Gasteiger partial charge is 0.329 e. The molecule has 0 fully saturated rings. The first-order valence-electron chi connectivity index (χ1n) is 7.08. The van der Waals surface area contributed by atoms with E-state index in [4.69, 9.17) is 4.74 Å².